The molecule has 0 fully saturated rings. The number of amides is 1. The summed E-state index contributed by atoms with van der Waals surface area (Å²) in [7, 11) is 1.97. The normalized spacial score (nSPS) is 11.6. The van der Waals surface area contributed by atoms with E-state index in [2.05, 4.69) is 10.3 Å². The van der Waals surface area contributed by atoms with Gasteiger partial charge in [-0.25, -0.2) is 4.79 Å². The van der Waals surface area contributed by atoms with E-state index >= 15 is 0 Å². The van der Waals surface area contributed by atoms with E-state index in [0.29, 0.717) is 6.54 Å². The van der Waals surface area contributed by atoms with Gasteiger partial charge in [0.15, 0.2) is 0 Å². The molecule has 0 aliphatic rings. The molecular formula is C14H19N3O2. The van der Waals surface area contributed by atoms with Crippen molar-refractivity contribution in [3.05, 3.63) is 30.2 Å². The molecule has 19 heavy (non-hydrogen) atoms. The van der Waals surface area contributed by atoms with Crippen molar-refractivity contribution in [3.63, 3.8) is 0 Å². The van der Waals surface area contributed by atoms with Crippen LogP contribution in [0, 0.1) is 0 Å². The topological polar surface area (TPSA) is 56.2 Å². The van der Waals surface area contributed by atoms with E-state index < -0.39 is 11.7 Å². The van der Waals surface area contributed by atoms with Gasteiger partial charge in [-0.1, -0.05) is 0 Å². The molecule has 0 saturated heterocycles. The maximum atomic E-state index is 11.6. The van der Waals surface area contributed by atoms with Crippen molar-refractivity contribution in [2.24, 2.45) is 7.05 Å². The molecule has 2 aromatic heterocycles. The number of carbonyl (C=O) groups excluding carboxylic acids is 1. The maximum Gasteiger partial charge on any atom is 0.407 e. The number of alkyl carbamates (subject to hydrolysis) is 1. The number of rotatable bonds is 2. The third-order valence-electron chi connectivity index (χ3n) is 2.75. The molecule has 0 atom stereocenters. The second-order valence-corrected chi connectivity index (χ2v) is 5.48. The summed E-state index contributed by atoms with van der Waals surface area (Å²) >= 11 is 0. The van der Waals surface area contributed by atoms with Crippen molar-refractivity contribution in [2.45, 2.75) is 32.9 Å². The number of pyridine rings is 1. The van der Waals surface area contributed by atoms with Crippen LogP contribution in [0.15, 0.2) is 24.5 Å². The molecular weight excluding hydrogens is 242 g/mol. The summed E-state index contributed by atoms with van der Waals surface area (Å²) in [6.07, 6.45) is 3.16. The summed E-state index contributed by atoms with van der Waals surface area (Å²) < 4.78 is 7.24. The number of nitrogens with one attached hydrogen (secondary N) is 1. The smallest absolute Gasteiger partial charge is 0.407 e. The van der Waals surface area contributed by atoms with Crippen LogP contribution in [0.3, 0.4) is 0 Å². The number of fused-ring (bicyclic) bond motifs is 1. The van der Waals surface area contributed by atoms with Crippen molar-refractivity contribution < 1.29 is 9.53 Å². The standard InChI is InChI=1S/C14H19N3O2/c1-14(2,3)19-13(18)16-9-11-7-10-8-15-6-5-12(10)17(11)4/h5-8H,9H2,1-4H3,(H,16,18). The number of hydrogen-bond donors (Lipinski definition) is 1. The zero-order valence-corrected chi connectivity index (χ0v) is 11.7. The molecule has 0 bridgehead atoms. The average molecular weight is 261 g/mol. The van der Waals surface area contributed by atoms with Crippen LogP contribution in [0.2, 0.25) is 0 Å². The van der Waals surface area contributed by atoms with E-state index in [-0.39, 0.29) is 0 Å². The van der Waals surface area contributed by atoms with Crippen LogP contribution in [-0.2, 0) is 18.3 Å². The van der Waals surface area contributed by atoms with Gasteiger partial charge < -0.3 is 14.6 Å². The molecule has 0 saturated carbocycles. The first kappa shape index (κ1) is 13.4. The lowest BCUT2D eigenvalue weighted by atomic mass is 10.2. The second kappa shape index (κ2) is 4.91. The Bertz CT molecular complexity index is 596. The number of ether oxygens (including phenoxy) is 1. The van der Waals surface area contributed by atoms with Gasteiger partial charge in [-0.15, -0.1) is 0 Å². The van der Waals surface area contributed by atoms with Gasteiger partial charge in [-0.3, -0.25) is 4.98 Å². The average Bonchev–Trinajstić information content (AvgIpc) is 2.62. The molecule has 0 aliphatic heterocycles. The Kier molecular flexibility index (Phi) is 3.46. The Morgan fingerprint density at radius 3 is 2.84 bits per heavy atom. The van der Waals surface area contributed by atoms with Gasteiger partial charge in [0.1, 0.15) is 5.60 Å². The molecule has 2 rings (SSSR count). The van der Waals surface area contributed by atoms with Crippen molar-refractivity contribution >= 4 is 17.0 Å². The van der Waals surface area contributed by atoms with E-state index in [1.807, 2.05) is 50.7 Å². The molecule has 2 heterocycles. The van der Waals surface area contributed by atoms with E-state index in [1.54, 1.807) is 6.20 Å². The zero-order chi connectivity index (χ0) is 14.0. The summed E-state index contributed by atoms with van der Waals surface area (Å²) in [5.41, 5.74) is 1.62. The Morgan fingerprint density at radius 1 is 1.47 bits per heavy atom. The van der Waals surface area contributed by atoms with Crippen LogP contribution >= 0.6 is 0 Å². The second-order valence-electron chi connectivity index (χ2n) is 5.48. The van der Waals surface area contributed by atoms with Crippen LogP contribution in [-0.4, -0.2) is 21.2 Å². The molecule has 0 aliphatic carbocycles. The molecule has 0 aromatic carbocycles. The third kappa shape index (κ3) is 3.24. The van der Waals surface area contributed by atoms with E-state index in [0.717, 1.165) is 16.6 Å². The van der Waals surface area contributed by atoms with Crippen LogP contribution in [0.25, 0.3) is 10.9 Å². The number of aromatic nitrogens is 2. The number of nitrogens with zero attached hydrogens (tertiary/aromatic N) is 2. The lowest BCUT2D eigenvalue weighted by molar-refractivity contribution is 0.0522. The van der Waals surface area contributed by atoms with Crippen molar-refractivity contribution in [1.29, 1.82) is 0 Å². The molecule has 1 N–H and O–H groups in total. The fourth-order valence-corrected chi connectivity index (χ4v) is 1.89. The summed E-state index contributed by atoms with van der Waals surface area (Å²) in [5.74, 6) is 0. The largest absolute Gasteiger partial charge is 0.444 e. The molecule has 0 spiro atoms. The number of aryl methyl sites for hydroxylation is 1. The molecule has 2 aromatic rings. The van der Waals surface area contributed by atoms with E-state index in [4.69, 9.17) is 4.74 Å². The molecule has 0 unspecified atom stereocenters. The van der Waals surface area contributed by atoms with Crippen LogP contribution < -0.4 is 5.32 Å². The summed E-state index contributed by atoms with van der Waals surface area (Å²) in [4.78, 5) is 15.7. The Labute approximate surface area is 112 Å². The van der Waals surface area contributed by atoms with Crippen LogP contribution in [0.1, 0.15) is 26.5 Å². The SMILES string of the molecule is Cn1c(CNC(=O)OC(C)(C)C)cc2cnccc21. The lowest BCUT2D eigenvalue weighted by Gasteiger charge is -2.19. The predicted octanol–water partition coefficient (Wildman–Crippen LogP) is 2.60. The fraction of sp³-hybridized carbons (Fsp3) is 0.429. The predicted molar refractivity (Wildman–Crippen MR) is 73.8 cm³/mol. The van der Waals surface area contributed by atoms with Gasteiger partial charge in [0.2, 0.25) is 0 Å². The first-order chi connectivity index (χ1) is 8.87. The lowest BCUT2D eigenvalue weighted by Crippen LogP contribution is -2.32. The Balaban J connectivity index is 2.06. The Hall–Kier alpha value is -2.04. The highest BCUT2D eigenvalue weighted by molar-refractivity contribution is 5.80. The summed E-state index contributed by atoms with van der Waals surface area (Å²) in [6.45, 7) is 5.96. The fourth-order valence-electron chi connectivity index (χ4n) is 1.89. The number of carbonyl (C=O) groups is 1. The molecule has 102 valence electrons. The number of hydrogen-bond acceptors (Lipinski definition) is 3. The minimum atomic E-state index is -0.479. The maximum absolute atomic E-state index is 11.6. The Morgan fingerprint density at radius 2 is 2.21 bits per heavy atom. The van der Waals surface area contributed by atoms with Crippen molar-refractivity contribution in [1.82, 2.24) is 14.9 Å². The van der Waals surface area contributed by atoms with Crippen molar-refractivity contribution in [3.8, 4) is 0 Å². The summed E-state index contributed by atoms with van der Waals surface area (Å²) in [6, 6.07) is 3.96. The van der Waals surface area contributed by atoms with Crippen molar-refractivity contribution in [2.75, 3.05) is 0 Å². The van der Waals surface area contributed by atoms with E-state index in [9.17, 15) is 4.79 Å². The van der Waals surface area contributed by atoms with Gasteiger partial charge in [0.05, 0.1) is 12.1 Å². The monoisotopic (exact) mass is 261 g/mol. The van der Waals surface area contributed by atoms with E-state index in [1.165, 1.54) is 0 Å². The molecule has 5 heteroatoms. The van der Waals surface area contributed by atoms with Gasteiger partial charge >= 0.3 is 6.09 Å². The van der Waals surface area contributed by atoms with Gasteiger partial charge in [-0.2, -0.15) is 0 Å². The molecule has 0 radical (unpaired) electrons. The minimum Gasteiger partial charge on any atom is -0.444 e. The van der Waals surface area contributed by atoms with Gasteiger partial charge in [0.25, 0.3) is 0 Å². The van der Waals surface area contributed by atoms with Gasteiger partial charge in [-0.05, 0) is 32.9 Å². The first-order valence-electron chi connectivity index (χ1n) is 6.22. The summed E-state index contributed by atoms with van der Waals surface area (Å²) in [5, 5.41) is 3.82. The highest BCUT2D eigenvalue weighted by Gasteiger charge is 2.16. The quantitative estimate of drug-likeness (QED) is 0.904. The molecule has 1 amide bonds. The van der Waals surface area contributed by atoms with Gasteiger partial charge in [0, 0.05) is 30.5 Å². The molecule has 5 nitrogen and oxygen atoms in total. The highest BCUT2D eigenvalue weighted by atomic mass is 16.6. The van der Waals surface area contributed by atoms with Crippen LogP contribution in [0.5, 0.6) is 0 Å². The highest BCUT2D eigenvalue weighted by Crippen LogP contribution is 2.17. The zero-order valence-electron chi connectivity index (χ0n) is 11.7. The first-order valence-corrected chi connectivity index (χ1v) is 6.22. The third-order valence-corrected chi connectivity index (χ3v) is 2.75. The minimum absolute atomic E-state index is 0.407. The van der Waals surface area contributed by atoms with Crippen LogP contribution in [0.4, 0.5) is 4.79 Å².